The predicted octanol–water partition coefficient (Wildman–Crippen LogP) is 0.165. The lowest BCUT2D eigenvalue weighted by Crippen LogP contribution is -2.05. The van der Waals surface area contributed by atoms with Gasteiger partial charge in [-0.15, -0.1) is 0 Å². The smallest absolute Gasteiger partial charge is 0.304 e. The molecule has 0 aliphatic carbocycles. The summed E-state index contributed by atoms with van der Waals surface area (Å²) in [6.07, 6.45) is 2.45. The molecule has 0 heterocycles. The van der Waals surface area contributed by atoms with Gasteiger partial charge in [0, 0.05) is 6.54 Å². The maximum atomic E-state index is 9.52. The van der Waals surface area contributed by atoms with E-state index >= 15 is 0 Å². The topological polar surface area (TPSA) is 89.3 Å². The Kier molecular flexibility index (Phi) is 14.3. The third kappa shape index (κ3) is 26.6. The van der Waals surface area contributed by atoms with E-state index < -0.39 is 5.97 Å². The molecule has 4 nitrogen and oxygen atoms in total. The van der Waals surface area contributed by atoms with Crippen LogP contribution < -0.4 is 11.5 Å². The lowest BCUT2D eigenvalue weighted by Gasteiger charge is -1.80. The number of hydrogen-bond donors (Lipinski definition) is 3. The van der Waals surface area contributed by atoms with Crippen molar-refractivity contribution in [1.29, 1.82) is 0 Å². The maximum absolute atomic E-state index is 9.52. The molecule has 11 heavy (non-hydrogen) atoms. The van der Waals surface area contributed by atoms with Crippen molar-refractivity contribution in [2.45, 2.75) is 26.2 Å². The molecule has 5 N–H and O–H groups in total. The van der Waals surface area contributed by atoms with Gasteiger partial charge in [-0.05, 0) is 13.0 Å². The van der Waals surface area contributed by atoms with Crippen LogP contribution in [0.3, 0.4) is 0 Å². The molecule has 0 aliphatic rings. The molecular formula is C7H18N2O2. The third-order valence-electron chi connectivity index (χ3n) is 0.916. The highest BCUT2D eigenvalue weighted by Crippen LogP contribution is 1.77. The molecule has 0 fully saturated rings. The van der Waals surface area contributed by atoms with Crippen molar-refractivity contribution in [1.82, 2.24) is 0 Å². The predicted molar refractivity (Wildman–Crippen MR) is 45.3 cm³/mol. The molecule has 0 rings (SSSR count). The fourth-order valence-corrected chi connectivity index (χ4v) is 0.328. The molecule has 68 valence electrons. The van der Waals surface area contributed by atoms with Crippen molar-refractivity contribution >= 4 is 5.97 Å². The molecule has 0 atom stereocenters. The van der Waals surface area contributed by atoms with Gasteiger partial charge in [0.2, 0.25) is 0 Å². The molecule has 0 aromatic rings. The van der Waals surface area contributed by atoms with Crippen LogP contribution >= 0.6 is 0 Å². The summed E-state index contributed by atoms with van der Waals surface area (Å²) in [6, 6.07) is 0. The Morgan fingerprint density at radius 2 is 1.91 bits per heavy atom. The fraction of sp³-hybridized carbons (Fsp3) is 0.857. The van der Waals surface area contributed by atoms with Gasteiger partial charge < -0.3 is 16.6 Å². The summed E-state index contributed by atoms with van der Waals surface area (Å²) in [6.45, 7) is 3.21. The number of carboxylic acids is 1. The van der Waals surface area contributed by atoms with Crippen molar-refractivity contribution in [3.05, 3.63) is 0 Å². The first-order chi connectivity index (χ1) is 5.18. The zero-order chi connectivity index (χ0) is 9.11. The van der Waals surface area contributed by atoms with E-state index in [2.05, 4.69) is 6.92 Å². The normalized spacial score (nSPS) is 8.27. The highest BCUT2D eigenvalue weighted by atomic mass is 16.4. The number of hydrogen-bond acceptors (Lipinski definition) is 3. The van der Waals surface area contributed by atoms with Crippen LogP contribution in [-0.2, 0) is 4.79 Å². The Morgan fingerprint density at radius 3 is 1.91 bits per heavy atom. The van der Waals surface area contributed by atoms with E-state index in [0.717, 1.165) is 6.54 Å². The van der Waals surface area contributed by atoms with Crippen molar-refractivity contribution in [3.8, 4) is 0 Å². The van der Waals surface area contributed by atoms with Crippen LogP contribution in [0.1, 0.15) is 26.2 Å². The van der Waals surface area contributed by atoms with Gasteiger partial charge in [-0.1, -0.05) is 13.3 Å². The van der Waals surface area contributed by atoms with E-state index in [1.54, 1.807) is 0 Å². The van der Waals surface area contributed by atoms with Gasteiger partial charge in [0.15, 0.2) is 0 Å². The summed E-state index contributed by atoms with van der Waals surface area (Å²) in [7, 11) is 0. The van der Waals surface area contributed by atoms with E-state index in [4.69, 9.17) is 16.6 Å². The molecule has 0 spiro atoms. The highest BCUT2D eigenvalue weighted by Gasteiger charge is 1.87. The molecule has 0 aromatic heterocycles. The fourth-order valence-electron chi connectivity index (χ4n) is 0.328. The molecule has 0 saturated carbocycles. The van der Waals surface area contributed by atoms with Gasteiger partial charge in [-0.2, -0.15) is 0 Å². The Labute approximate surface area is 67.6 Å². The van der Waals surface area contributed by atoms with Crippen LogP contribution in [0.5, 0.6) is 0 Å². The standard InChI is InChI=1S/C4H11N.C3H7NO2/c1-2-3-4-5;4-2-1-3(5)6/h2-5H2,1H3;1-2,4H2,(H,5,6). The minimum absolute atomic E-state index is 0.0694. The lowest BCUT2D eigenvalue weighted by molar-refractivity contribution is -0.136. The second-order valence-electron chi connectivity index (χ2n) is 2.07. The minimum Gasteiger partial charge on any atom is -0.481 e. The first kappa shape index (κ1) is 13.0. The molecule has 0 bridgehead atoms. The third-order valence-corrected chi connectivity index (χ3v) is 0.916. The zero-order valence-electron chi connectivity index (χ0n) is 7.05. The van der Waals surface area contributed by atoms with Crippen LogP contribution in [0.4, 0.5) is 0 Å². The van der Waals surface area contributed by atoms with Gasteiger partial charge in [0.05, 0.1) is 6.42 Å². The highest BCUT2D eigenvalue weighted by molar-refractivity contribution is 5.66. The minimum atomic E-state index is -0.836. The Morgan fingerprint density at radius 1 is 1.36 bits per heavy atom. The lowest BCUT2D eigenvalue weighted by atomic mass is 10.3. The van der Waals surface area contributed by atoms with Gasteiger partial charge >= 0.3 is 5.97 Å². The maximum Gasteiger partial charge on any atom is 0.304 e. The van der Waals surface area contributed by atoms with E-state index in [1.807, 2.05) is 0 Å². The van der Waals surface area contributed by atoms with Gasteiger partial charge in [0.25, 0.3) is 0 Å². The van der Waals surface area contributed by atoms with Crippen LogP contribution in [0, 0.1) is 0 Å². The molecule has 0 aliphatic heterocycles. The van der Waals surface area contributed by atoms with Crippen molar-refractivity contribution < 1.29 is 9.90 Å². The van der Waals surface area contributed by atoms with E-state index in [-0.39, 0.29) is 13.0 Å². The zero-order valence-corrected chi connectivity index (χ0v) is 7.05. The number of rotatable bonds is 4. The Hall–Kier alpha value is -0.610. The molecule has 4 heteroatoms. The monoisotopic (exact) mass is 162 g/mol. The number of aliphatic carboxylic acids is 1. The number of nitrogens with two attached hydrogens (primary N) is 2. The molecular weight excluding hydrogens is 144 g/mol. The summed E-state index contributed by atoms with van der Waals surface area (Å²) in [4.78, 5) is 9.52. The van der Waals surface area contributed by atoms with Crippen LogP contribution in [0.2, 0.25) is 0 Å². The summed E-state index contributed by atoms with van der Waals surface area (Å²) in [5.74, 6) is -0.836. The molecule has 0 saturated heterocycles. The molecule has 0 radical (unpaired) electrons. The van der Waals surface area contributed by atoms with Crippen molar-refractivity contribution in [3.63, 3.8) is 0 Å². The number of carboxylic acid groups (broad SMARTS) is 1. The van der Waals surface area contributed by atoms with Gasteiger partial charge in [0.1, 0.15) is 0 Å². The van der Waals surface area contributed by atoms with Crippen molar-refractivity contribution in [2.75, 3.05) is 13.1 Å². The Balaban J connectivity index is 0. The quantitative estimate of drug-likeness (QED) is 0.549. The van der Waals surface area contributed by atoms with Crippen LogP contribution in [0.25, 0.3) is 0 Å². The second-order valence-corrected chi connectivity index (χ2v) is 2.07. The second kappa shape index (κ2) is 12.1. The molecule has 0 amide bonds. The van der Waals surface area contributed by atoms with Crippen LogP contribution in [-0.4, -0.2) is 24.2 Å². The van der Waals surface area contributed by atoms with E-state index in [1.165, 1.54) is 12.8 Å². The van der Waals surface area contributed by atoms with Gasteiger partial charge in [-0.3, -0.25) is 4.79 Å². The van der Waals surface area contributed by atoms with Gasteiger partial charge in [-0.25, -0.2) is 0 Å². The molecule has 0 unspecified atom stereocenters. The molecule has 0 aromatic carbocycles. The SMILES string of the molecule is CCCCN.NCCC(=O)O. The van der Waals surface area contributed by atoms with E-state index in [0.29, 0.717) is 0 Å². The first-order valence-corrected chi connectivity index (χ1v) is 3.80. The largest absolute Gasteiger partial charge is 0.481 e. The summed E-state index contributed by atoms with van der Waals surface area (Å²) >= 11 is 0. The number of carbonyl (C=O) groups is 1. The first-order valence-electron chi connectivity index (χ1n) is 3.80. The summed E-state index contributed by atoms with van der Waals surface area (Å²) < 4.78 is 0. The van der Waals surface area contributed by atoms with Crippen LogP contribution in [0.15, 0.2) is 0 Å². The number of unbranched alkanes of at least 4 members (excludes halogenated alkanes) is 1. The average molecular weight is 162 g/mol. The summed E-state index contributed by atoms with van der Waals surface area (Å²) in [5, 5.41) is 7.83. The summed E-state index contributed by atoms with van der Waals surface area (Å²) in [5.41, 5.74) is 9.99. The van der Waals surface area contributed by atoms with Crippen molar-refractivity contribution in [2.24, 2.45) is 11.5 Å². The Bertz CT molecular complexity index is 84.5. The van der Waals surface area contributed by atoms with E-state index in [9.17, 15) is 4.79 Å². The average Bonchev–Trinajstić information content (AvgIpc) is 1.90.